The maximum absolute atomic E-state index is 12.8. The quantitative estimate of drug-likeness (QED) is 0.776. The first-order valence-electron chi connectivity index (χ1n) is 9.20. The molecule has 28 heavy (non-hydrogen) atoms. The van der Waals surface area contributed by atoms with Gasteiger partial charge < -0.3 is 10.6 Å². The van der Waals surface area contributed by atoms with Crippen molar-refractivity contribution >= 4 is 27.5 Å². The highest BCUT2D eigenvalue weighted by Crippen LogP contribution is 2.21. The van der Waals surface area contributed by atoms with Crippen molar-refractivity contribution in [3.63, 3.8) is 0 Å². The maximum Gasteiger partial charge on any atom is 0.251 e. The van der Waals surface area contributed by atoms with Crippen LogP contribution in [0.4, 0.5) is 5.69 Å². The van der Waals surface area contributed by atoms with Crippen molar-refractivity contribution in [2.45, 2.75) is 24.2 Å². The summed E-state index contributed by atoms with van der Waals surface area (Å²) in [5.74, 6) is -0.865. The van der Waals surface area contributed by atoms with Crippen LogP contribution in [0.15, 0.2) is 59.5 Å². The molecule has 1 fully saturated rings. The Bertz CT molecular complexity index is 939. The summed E-state index contributed by atoms with van der Waals surface area (Å²) in [6, 6.07) is 14.8. The molecule has 1 saturated heterocycles. The van der Waals surface area contributed by atoms with E-state index in [9.17, 15) is 18.0 Å². The van der Waals surface area contributed by atoms with Gasteiger partial charge in [-0.2, -0.15) is 4.31 Å². The van der Waals surface area contributed by atoms with Crippen LogP contribution in [0.1, 0.15) is 29.6 Å². The summed E-state index contributed by atoms with van der Waals surface area (Å²) in [4.78, 5) is 24.4. The summed E-state index contributed by atoms with van der Waals surface area (Å²) in [6.45, 7) is 0.785. The summed E-state index contributed by atoms with van der Waals surface area (Å²) in [5.41, 5.74) is 0.835. The van der Waals surface area contributed by atoms with Crippen LogP contribution in [0, 0.1) is 0 Å². The molecule has 2 aromatic carbocycles. The SMILES string of the molecule is O=C(CNC(=O)c1cccc(S(=O)(=O)N2CCCCC2)c1)Nc1ccccc1. The van der Waals surface area contributed by atoms with Gasteiger partial charge in [0.15, 0.2) is 0 Å². The fourth-order valence-corrected chi connectivity index (χ4v) is 4.60. The van der Waals surface area contributed by atoms with Gasteiger partial charge in [0.25, 0.3) is 5.91 Å². The number of benzene rings is 2. The number of piperidine rings is 1. The number of hydrogen-bond acceptors (Lipinski definition) is 4. The number of rotatable bonds is 6. The number of nitrogens with one attached hydrogen (secondary N) is 2. The molecule has 3 rings (SSSR count). The number of para-hydroxylation sites is 1. The minimum atomic E-state index is -3.62. The van der Waals surface area contributed by atoms with Crippen molar-refractivity contribution in [3.8, 4) is 0 Å². The zero-order chi connectivity index (χ0) is 20.0. The Balaban J connectivity index is 1.63. The monoisotopic (exact) mass is 401 g/mol. The van der Waals surface area contributed by atoms with Crippen LogP contribution >= 0.6 is 0 Å². The summed E-state index contributed by atoms with van der Waals surface area (Å²) < 4.78 is 27.0. The fourth-order valence-electron chi connectivity index (χ4n) is 3.04. The lowest BCUT2D eigenvalue weighted by atomic mass is 10.2. The molecule has 2 N–H and O–H groups in total. The number of hydrogen-bond donors (Lipinski definition) is 2. The Kier molecular flexibility index (Phi) is 6.43. The molecule has 148 valence electrons. The highest BCUT2D eigenvalue weighted by Gasteiger charge is 2.26. The Hall–Kier alpha value is -2.71. The molecule has 0 bridgehead atoms. The molecule has 1 heterocycles. The Morgan fingerprint density at radius 3 is 2.36 bits per heavy atom. The molecule has 1 aliphatic heterocycles. The van der Waals surface area contributed by atoms with E-state index in [1.54, 1.807) is 24.3 Å². The number of anilines is 1. The van der Waals surface area contributed by atoms with Gasteiger partial charge in [-0.3, -0.25) is 9.59 Å². The third kappa shape index (κ3) is 4.96. The van der Waals surface area contributed by atoms with Crippen molar-refractivity contribution in [2.24, 2.45) is 0 Å². The van der Waals surface area contributed by atoms with Crippen molar-refractivity contribution < 1.29 is 18.0 Å². The van der Waals surface area contributed by atoms with Crippen molar-refractivity contribution in [1.82, 2.24) is 9.62 Å². The van der Waals surface area contributed by atoms with E-state index in [4.69, 9.17) is 0 Å². The first-order valence-corrected chi connectivity index (χ1v) is 10.6. The summed E-state index contributed by atoms with van der Waals surface area (Å²) >= 11 is 0. The minimum Gasteiger partial charge on any atom is -0.343 e. The molecule has 1 aliphatic rings. The topological polar surface area (TPSA) is 95.6 Å². The van der Waals surface area contributed by atoms with Gasteiger partial charge in [-0.1, -0.05) is 30.7 Å². The lowest BCUT2D eigenvalue weighted by Gasteiger charge is -2.26. The van der Waals surface area contributed by atoms with Crippen LogP contribution < -0.4 is 10.6 Å². The lowest BCUT2D eigenvalue weighted by Crippen LogP contribution is -2.36. The Labute approximate surface area is 164 Å². The normalized spacial score (nSPS) is 15.0. The zero-order valence-electron chi connectivity index (χ0n) is 15.4. The highest BCUT2D eigenvalue weighted by molar-refractivity contribution is 7.89. The van der Waals surface area contributed by atoms with Gasteiger partial charge in [0, 0.05) is 24.3 Å². The average Bonchev–Trinajstić information content (AvgIpc) is 2.73. The third-order valence-electron chi connectivity index (χ3n) is 4.52. The number of carbonyl (C=O) groups excluding carboxylic acids is 2. The fraction of sp³-hybridized carbons (Fsp3) is 0.300. The molecule has 0 spiro atoms. The van der Waals surface area contributed by atoms with Gasteiger partial charge in [0.1, 0.15) is 0 Å². The summed E-state index contributed by atoms with van der Waals surface area (Å²) in [6.07, 6.45) is 2.71. The van der Waals surface area contributed by atoms with E-state index in [1.165, 1.54) is 28.6 Å². The lowest BCUT2D eigenvalue weighted by molar-refractivity contribution is -0.115. The van der Waals surface area contributed by atoms with E-state index < -0.39 is 15.9 Å². The smallest absolute Gasteiger partial charge is 0.251 e. The third-order valence-corrected chi connectivity index (χ3v) is 6.41. The van der Waals surface area contributed by atoms with Gasteiger partial charge in [-0.15, -0.1) is 0 Å². The molecule has 8 heteroatoms. The van der Waals surface area contributed by atoms with Crippen molar-refractivity contribution in [3.05, 3.63) is 60.2 Å². The molecule has 0 aliphatic carbocycles. The molecule has 0 atom stereocenters. The van der Waals surface area contributed by atoms with Gasteiger partial charge in [-0.25, -0.2) is 8.42 Å². The van der Waals surface area contributed by atoms with Crippen LogP contribution in [-0.4, -0.2) is 44.2 Å². The van der Waals surface area contributed by atoms with Gasteiger partial charge in [-0.05, 0) is 43.2 Å². The van der Waals surface area contributed by atoms with E-state index >= 15 is 0 Å². The second kappa shape index (κ2) is 8.99. The maximum atomic E-state index is 12.8. The van der Waals surface area contributed by atoms with Crippen LogP contribution in [0.3, 0.4) is 0 Å². The molecule has 2 aromatic rings. The second-order valence-electron chi connectivity index (χ2n) is 6.59. The summed E-state index contributed by atoms with van der Waals surface area (Å²) in [5, 5.41) is 5.19. The predicted molar refractivity (Wildman–Crippen MR) is 106 cm³/mol. The Morgan fingerprint density at radius 2 is 1.64 bits per heavy atom. The van der Waals surface area contributed by atoms with E-state index in [-0.39, 0.29) is 22.9 Å². The molecule has 0 unspecified atom stereocenters. The predicted octanol–water partition coefficient (Wildman–Crippen LogP) is 2.23. The molecule has 7 nitrogen and oxygen atoms in total. The van der Waals surface area contributed by atoms with E-state index in [0.717, 1.165) is 19.3 Å². The largest absolute Gasteiger partial charge is 0.343 e. The highest BCUT2D eigenvalue weighted by atomic mass is 32.2. The minimum absolute atomic E-state index is 0.0933. The number of sulfonamides is 1. The van der Waals surface area contributed by atoms with Gasteiger partial charge in [0.05, 0.1) is 11.4 Å². The second-order valence-corrected chi connectivity index (χ2v) is 8.53. The van der Waals surface area contributed by atoms with Crippen LogP contribution in [0.5, 0.6) is 0 Å². The van der Waals surface area contributed by atoms with Crippen LogP contribution in [0.2, 0.25) is 0 Å². The molecular weight excluding hydrogens is 378 g/mol. The first-order chi connectivity index (χ1) is 13.5. The Morgan fingerprint density at radius 1 is 0.929 bits per heavy atom. The number of amides is 2. The van der Waals surface area contributed by atoms with Gasteiger partial charge in [0.2, 0.25) is 15.9 Å². The molecular formula is C20H23N3O4S. The van der Waals surface area contributed by atoms with Crippen LogP contribution in [-0.2, 0) is 14.8 Å². The van der Waals surface area contributed by atoms with E-state index in [1.807, 2.05) is 6.07 Å². The van der Waals surface area contributed by atoms with Gasteiger partial charge >= 0.3 is 0 Å². The average molecular weight is 401 g/mol. The van der Waals surface area contributed by atoms with E-state index in [0.29, 0.717) is 18.8 Å². The van der Waals surface area contributed by atoms with E-state index in [2.05, 4.69) is 10.6 Å². The standard InChI is InChI=1S/C20H23N3O4S/c24-19(22-17-9-3-1-4-10-17)15-21-20(25)16-8-7-11-18(14-16)28(26,27)23-12-5-2-6-13-23/h1,3-4,7-11,14H,2,5-6,12-13,15H2,(H,21,25)(H,22,24). The number of nitrogens with zero attached hydrogens (tertiary/aromatic N) is 1. The van der Waals surface area contributed by atoms with Crippen molar-refractivity contribution in [1.29, 1.82) is 0 Å². The molecule has 0 saturated carbocycles. The first kappa shape index (κ1) is 20.0. The van der Waals surface area contributed by atoms with Crippen molar-refractivity contribution in [2.75, 3.05) is 25.0 Å². The molecule has 0 radical (unpaired) electrons. The summed E-state index contributed by atoms with van der Waals surface area (Å²) in [7, 11) is -3.62. The molecule has 0 aromatic heterocycles. The van der Waals surface area contributed by atoms with Crippen LogP contribution in [0.25, 0.3) is 0 Å². The zero-order valence-corrected chi connectivity index (χ0v) is 16.2. The molecule has 2 amide bonds. The number of carbonyl (C=O) groups is 2.